The summed E-state index contributed by atoms with van der Waals surface area (Å²) in [5, 5.41) is 8.85. The van der Waals surface area contributed by atoms with Gasteiger partial charge in [0.05, 0.1) is 36.6 Å². The molecule has 0 amide bonds. The number of fused-ring (bicyclic) bond motifs is 1. The fraction of sp³-hybridized carbons (Fsp3) is 0.400. The SMILES string of the molecule is CCOCCN1CCN(c2ccc(-c3nc(-c4cnn(C)c4)cn4ncc(/C=N\C)c34)cn2)CC1. The Labute approximate surface area is 204 Å². The van der Waals surface area contributed by atoms with Gasteiger partial charge in [-0.3, -0.25) is 14.6 Å². The van der Waals surface area contributed by atoms with Crippen molar-refractivity contribution in [2.45, 2.75) is 6.92 Å². The highest BCUT2D eigenvalue weighted by molar-refractivity contribution is 5.95. The molecule has 1 saturated heterocycles. The quantitative estimate of drug-likeness (QED) is 0.287. The predicted octanol–water partition coefficient (Wildman–Crippen LogP) is 2.40. The fourth-order valence-corrected chi connectivity index (χ4v) is 4.42. The first-order chi connectivity index (χ1) is 17.2. The highest BCUT2D eigenvalue weighted by Gasteiger charge is 2.19. The third kappa shape index (κ3) is 4.94. The van der Waals surface area contributed by atoms with Gasteiger partial charge in [-0.2, -0.15) is 10.2 Å². The number of aromatic nitrogens is 6. The smallest absolute Gasteiger partial charge is 0.128 e. The molecule has 1 fully saturated rings. The molecular weight excluding hydrogens is 442 g/mol. The van der Waals surface area contributed by atoms with Gasteiger partial charge in [0.2, 0.25) is 0 Å². The molecule has 1 aliphatic rings. The van der Waals surface area contributed by atoms with Gasteiger partial charge >= 0.3 is 0 Å². The zero-order chi connectivity index (χ0) is 24.2. The van der Waals surface area contributed by atoms with Crippen molar-refractivity contribution in [1.82, 2.24) is 34.3 Å². The van der Waals surface area contributed by atoms with E-state index in [-0.39, 0.29) is 0 Å². The summed E-state index contributed by atoms with van der Waals surface area (Å²) in [6.07, 6.45) is 11.2. The van der Waals surface area contributed by atoms with Crippen LogP contribution in [0.4, 0.5) is 5.82 Å². The molecule has 0 atom stereocenters. The van der Waals surface area contributed by atoms with Crippen LogP contribution in [0.25, 0.3) is 28.0 Å². The Kier molecular flexibility index (Phi) is 6.82. The van der Waals surface area contributed by atoms with E-state index in [0.29, 0.717) is 0 Å². The van der Waals surface area contributed by atoms with E-state index in [1.165, 1.54) is 0 Å². The second-order valence-corrected chi connectivity index (χ2v) is 8.59. The normalized spacial score (nSPS) is 15.0. The standard InChI is InChI=1S/C25H31N9O/c1-4-35-12-11-32-7-9-33(10-8-32)23-6-5-19(14-27-23)24-25-20(13-26-2)15-29-34(25)18-22(30-24)21-16-28-31(3)17-21/h5-6,13-18H,4,7-12H2,1-3H3/b26-13-. The first-order valence-electron chi connectivity index (χ1n) is 12.0. The Hall–Kier alpha value is -3.63. The van der Waals surface area contributed by atoms with Crippen molar-refractivity contribution in [3.05, 3.63) is 48.7 Å². The molecule has 35 heavy (non-hydrogen) atoms. The lowest BCUT2D eigenvalue weighted by atomic mass is 10.1. The number of anilines is 1. The molecule has 0 saturated carbocycles. The molecule has 182 valence electrons. The number of rotatable bonds is 8. The van der Waals surface area contributed by atoms with Crippen molar-refractivity contribution in [2.24, 2.45) is 12.0 Å². The molecule has 0 aromatic carbocycles. The Morgan fingerprint density at radius 1 is 1.03 bits per heavy atom. The zero-order valence-electron chi connectivity index (χ0n) is 20.5. The van der Waals surface area contributed by atoms with Crippen molar-refractivity contribution in [3.8, 4) is 22.5 Å². The Bertz CT molecular complexity index is 1300. The maximum Gasteiger partial charge on any atom is 0.128 e. The van der Waals surface area contributed by atoms with Crippen LogP contribution in [0.3, 0.4) is 0 Å². The molecule has 10 nitrogen and oxygen atoms in total. The van der Waals surface area contributed by atoms with E-state index >= 15 is 0 Å². The van der Waals surface area contributed by atoms with E-state index in [4.69, 9.17) is 14.7 Å². The van der Waals surface area contributed by atoms with E-state index < -0.39 is 0 Å². The van der Waals surface area contributed by atoms with Gasteiger partial charge in [0.1, 0.15) is 11.3 Å². The van der Waals surface area contributed by atoms with E-state index in [9.17, 15) is 0 Å². The number of hydrogen-bond donors (Lipinski definition) is 0. The highest BCUT2D eigenvalue weighted by Crippen LogP contribution is 2.29. The van der Waals surface area contributed by atoms with E-state index in [2.05, 4.69) is 37.1 Å². The molecule has 0 radical (unpaired) electrons. The summed E-state index contributed by atoms with van der Waals surface area (Å²) in [7, 11) is 3.65. The molecule has 10 heteroatoms. The molecular formula is C25H31N9O. The molecule has 5 rings (SSSR count). The van der Waals surface area contributed by atoms with E-state index in [1.54, 1.807) is 11.7 Å². The van der Waals surface area contributed by atoms with Crippen LogP contribution >= 0.6 is 0 Å². The van der Waals surface area contributed by atoms with Crippen molar-refractivity contribution in [2.75, 3.05) is 57.9 Å². The minimum atomic E-state index is 0.772. The van der Waals surface area contributed by atoms with Crippen molar-refractivity contribution >= 4 is 17.5 Å². The van der Waals surface area contributed by atoms with Gasteiger partial charge in [-0.25, -0.2) is 14.5 Å². The van der Waals surface area contributed by atoms with Crippen LogP contribution in [0.15, 0.2) is 48.1 Å². The molecule has 1 aliphatic heterocycles. The van der Waals surface area contributed by atoms with E-state index in [1.807, 2.05) is 55.7 Å². The summed E-state index contributed by atoms with van der Waals surface area (Å²) in [6.45, 7) is 8.53. The van der Waals surface area contributed by atoms with Gasteiger partial charge in [-0.05, 0) is 19.1 Å². The molecule has 4 aromatic rings. The third-order valence-corrected chi connectivity index (χ3v) is 6.27. The topological polar surface area (TPSA) is 89.0 Å². The lowest BCUT2D eigenvalue weighted by Crippen LogP contribution is -2.47. The number of aryl methyl sites for hydroxylation is 1. The van der Waals surface area contributed by atoms with Crippen molar-refractivity contribution < 1.29 is 4.74 Å². The molecule has 5 heterocycles. The van der Waals surface area contributed by atoms with Crippen LogP contribution in [0.1, 0.15) is 12.5 Å². The van der Waals surface area contributed by atoms with Crippen LogP contribution < -0.4 is 4.90 Å². The van der Waals surface area contributed by atoms with Crippen LogP contribution in [0, 0.1) is 0 Å². The maximum absolute atomic E-state index is 5.50. The fourth-order valence-electron chi connectivity index (χ4n) is 4.42. The maximum atomic E-state index is 5.50. The molecule has 0 bridgehead atoms. The molecule has 0 unspecified atom stereocenters. The second-order valence-electron chi connectivity index (χ2n) is 8.59. The second kappa shape index (κ2) is 10.3. The van der Waals surface area contributed by atoms with E-state index in [0.717, 1.165) is 85.4 Å². The minimum Gasteiger partial charge on any atom is -0.380 e. The molecule has 0 N–H and O–H groups in total. The average molecular weight is 474 g/mol. The number of nitrogens with zero attached hydrogens (tertiary/aromatic N) is 9. The van der Waals surface area contributed by atoms with Crippen LogP contribution in [-0.2, 0) is 11.8 Å². The largest absolute Gasteiger partial charge is 0.380 e. The Morgan fingerprint density at radius 3 is 2.57 bits per heavy atom. The lowest BCUT2D eigenvalue weighted by Gasteiger charge is -2.35. The number of piperazine rings is 1. The van der Waals surface area contributed by atoms with Gasteiger partial charge in [-0.1, -0.05) is 0 Å². The first kappa shape index (κ1) is 23.1. The number of ether oxygens (including phenoxy) is 1. The van der Waals surface area contributed by atoms with Crippen LogP contribution in [0.2, 0.25) is 0 Å². The Balaban J connectivity index is 1.42. The van der Waals surface area contributed by atoms with Crippen LogP contribution in [0.5, 0.6) is 0 Å². The van der Waals surface area contributed by atoms with Gasteiger partial charge in [-0.15, -0.1) is 0 Å². The summed E-state index contributed by atoms with van der Waals surface area (Å²) in [5.74, 6) is 0.987. The van der Waals surface area contributed by atoms with Crippen LogP contribution in [-0.4, -0.2) is 93.5 Å². The van der Waals surface area contributed by atoms with Crippen molar-refractivity contribution in [1.29, 1.82) is 0 Å². The van der Waals surface area contributed by atoms with Gasteiger partial charge in [0.25, 0.3) is 0 Å². The van der Waals surface area contributed by atoms with Gasteiger partial charge in [0.15, 0.2) is 0 Å². The molecule has 4 aromatic heterocycles. The third-order valence-electron chi connectivity index (χ3n) is 6.27. The summed E-state index contributed by atoms with van der Waals surface area (Å²) in [5.41, 5.74) is 5.31. The average Bonchev–Trinajstić information content (AvgIpc) is 3.51. The number of aliphatic imine (C=N–C) groups is 1. The zero-order valence-corrected chi connectivity index (χ0v) is 20.5. The monoisotopic (exact) mass is 473 g/mol. The summed E-state index contributed by atoms with van der Waals surface area (Å²) < 4.78 is 9.12. The van der Waals surface area contributed by atoms with Crippen molar-refractivity contribution in [3.63, 3.8) is 0 Å². The number of hydrogen-bond acceptors (Lipinski definition) is 8. The first-order valence-corrected chi connectivity index (χ1v) is 12.0. The molecule has 0 aliphatic carbocycles. The number of pyridine rings is 1. The molecule has 0 spiro atoms. The summed E-state index contributed by atoms with van der Waals surface area (Å²) in [6, 6.07) is 4.18. The lowest BCUT2D eigenvalue weighted by molar-refractivity contribution is 0.111. The Morgan fingerprint density at radius 2 is 1.89 bits per heavy atom. The van der Waals surface area contributed by atoms with Gasteiger partial charge in [0, 0.05) is 88.7 Å². The summed E-state index contributed by atoms with van der Waals surface area (Å²) >= 11 is 0. The highest BCUT2D eigenvalue weighted by atomic mass is 16.5. The predicted molar refractivity (Wildman–Crippen MR) is 137 cm³/mol. The minimum absolute atomic E-state index is 0.772. The summed E-state index contributed by atoms with van der Waals surface area (Å²) in [4.78, 5) is 18.8. The van der Waals surface area contributed by atoms with Gasteiger partial charge < -0.3 is 9.64 Å².